The monoisotopic (exact) mass is 553 g/mol. The number of rotatable bonds is 7. The highest BCUT2D eigenvalue weighted by Crippen LogP contribution is 2.44. The van der Waals surface area contributed by atoms with Crippen molar-refractivity contribution in [3.8, 4) is 5.69 Å². The first-order valence-corrected chi connectivity index (χ1v) is 13.8. The summed E-state index contributed by atoms with van der Waals surface area (Å²) in [5, 5.41) is 7.12. The summed E-state index contributed by atoms with van der Waals surface area (Å²) in [6.07, 6.45) is 1.82. The van der Waals surface area contributed by atoms with Gasteiger partial charge < -0.3 is 24.8 Å². The molecule has 206 valence electrons. The van der Waals surface area contributed by atoms with Crippen LogP contribution in [0, 0.1) is 34.6 Å². The van der Waals surface area contributed by atoms with E-state index in [4.69, 9.17) is 21.9 Å². The first-order valence-electron chi connectivity index (χ1n) is 13.4. The van der Waals surface area contributed by atoms with Crippen molar-refractivity contribution < 1.29 is 9.53 Å². The maximum Gasteiger partial charge on any atom is 0.250 e. The molecule has 1 amide bonds. The van der Waals surface area contributed by atoms with Crippen molar-refractivity contribution in [3.05, 3.63) is 106 Å². The summed E-state index contributed by atoms with van der Waals surface area (Å²) < 4.78 is 7.31. The van der Waals surface area contributed by atoms with Crippen LogP contribution < -0.4 is 15.5 Å². The highest BCUT2D eigenvalue weighted by Gasteiger charge is 2.42. The van der Waals surface area contributed by atoms with E-state index < -0.39 is 0 Å². The minimum absolute atomic E-state index is 0.00514. The standard InChI is InChI=1S/C32H35N5O2S/c1-19-10-11-20(2)28(15-19)36-22(4)17-25(23(36)5)31-30(27-9-7-8-14-33-27)35-32(40)37(31)24-12-13-26(21(3)16-24)34-29(38)18-39-6/h7-17,30-31H,18H2,1-6H3,(H,34,38)(H,35,40). The van der Waals surface area contributed by atoms with Crippen LogP contribution in [0.25, 0.3) is 5.69 Å². The molecule has 2 aromatic carbocycles. The van der Waals surface area contributed by atoms with E-state index in [0.717, 1.165) is 34.0 Å². The Kier molecular flexibility index (Phi) is 7.74. The summed E-state index contributed by atoms with van der Waals surface area (Å²) in [5.74, 6) is -0.191. The molecule has 8 heteroatoms. The minimum Gasteiger partial charge on any atom is -0.375 e. The van der Waals surface area contributed by atoms with Crippen LogP contribution in [0.1, 0.15) is 51.4 Å². The van der Waals surface area contributed by atoms with Crippen LogP contribution >= 0.6 is 12.2 Å². The number of carbonyl (C=O) groups is 1. The largest absolute Gasteiger partial charge is 0.375 e. The van der Waals surface area contributed by atoms with E-state index in [0.29, 0.717) is 5.11 Å². The molecular formula is C32H35N5O2S. The summed E-state index contributed by atoms with van der Waals surface area (Å²) >= 11 is 5.97. The Morgan fingerprint density at radius 3 is 2.52 bits per heavy atom. The van der Waals surface area contributed by atoms with Gasteiger partial charge in [-0.05, 0) is 112 Å². The number of thiocarbonyl (C=S) groups is 1. The number of amides is 1. The second-order valence-electron chi connectivity index (χ2n) is 10.4. The maximum atomic E-state index is 12.1. The summed E-state index contributed by atoms with van der Waals surface area (Å²) in [6.45, 7) is 10.6. The Balaban J connectivity index is 1.63. The van der Waals surface area contributed by atoms with Gasteiger partial charge in [0.15, 0.2) is 5.11 Å². The third kappa shape index (κ3) is 5.12. The van der Waals surface area contributed by atoms with Gasteiger partial charge in [0, 0.05) is 41.8 Å². The predicted octanol–water partition coefficient (Wildman–Crippen LogP) is 6.18. The zero-order valence-electron chi connectivity index (χ0n) is 23.8. The Hall–Kier alpha value is -4.01. The van der Waals surface area contributed by atoms with Crippen LogP contribution in [-0.2, 0) is 9.53 Å². The molecule has 4 aromatic rings. The van der Waals surface area contributed by atoms with Gasteiger partial charge in [-0.15, -0.1) is 0 Å². The average molecular weight is 554 g/mol. The number of aromatic nitrogens is 2. The average Bonchev–Trinajstić information content (AvgIpc) is 3.42. The van der Waals surface area contributed by atoms with E-state index in [1.54, 1.807) is 0 Å². The van der Waals surface area contributed by atoms with Gasteiger partial charge in [0.05, 0.1) is 17.8 Å². The van der Waals surface area contributed by atoms with Crippen LogP contribution in [0.15, 0.2) is 66.9 Å². The van der Waals surface area contributed by atoms with E-state index in [9.17, 15) is 4.79 Å². The SMILES string of the molecule is COCC(=O)Nc1ccc(N2C(=S)NC(c3ccccn3)C2c2cc(C)n(-c3cc(C)ccc3C)c2C)cc1C. The lowest BCUT2D eigenvalue weighted by Crippen LogP contribution is -2.29. The van der Waals surface area contributed by atoms with Crippen molar-refractivity contribution in [1.29, 1.82) is 0 Å². The van der Waals surface area contributed by atoms with Crippen LogP contribution in [0.5, 0.6) is 0 Å². The number of aryl methyl sites for hydroxylation is 4. The van der Waals surface area contributed by atoms with E-state index in [2.05, 4.69) is 78.1 Å². The highest BCUT2D eigenvalue weighted by molar-refractivity contribution is 7.80. The van der Waals surface area contributed by atoms with Gasteiger partial charge in [-0.25, -0.2) is 0 Å². The second kappa shape index (κ2) is 11.2. The molecule has 3 heterocycles. The number of nitrogens with one attached hydrogen (secondary N) is 2. The molecule has 5 rings (SSSR count). The van der Waals surface area contributed by atoms with Gasteiger partial charge in [-0.3, -0.25) is 9.78 Å². The first-order chi connectivity index (χ1) is 19.2. The molecule has 2 aromatic heterocycles. The summed E-state index contributed by atoms with van der Waals surface area (Å²) in [6, 6.07) is 20.5. The summed E-state index contributed by atoms with van der Waals surface area (Å²) in [5.41, 5.74) is 10.7. The summed E-state index contributed by atoms with van der Waals surface area (Å²) in [4.78, 5) is 19.0. The molecule has 7 nitrogen and oxygen atoms in total. The number of hydrogen-bond acceptors (Lipinski definition) is 4. The Labute approximate surface area is 241 Å². The van der Waals surface area contributed by atoms with E-state index >= 15 is 0 Å². The molecule has 2 atom stereocenters. The molecule has 0 spiro atoms. The molecule has 0 bridgehead atoms. The quantitative estimate of drug-likeness (QED) is 0.267. The Morgan fingerprint density at radius 1 is 1.02 bits per heavy atom. The molecule has 0 saturated carbocycles. The van der Waals surface area contributed by atoms with Crippen molar-refractivity contribution in [2.75, 3.05) is 23.9 Å². The van der Waals surface area contributed by atoms with Gasteiger partial charge in [-0.2, -0.15) is 0 Å². The van der Waals surface area contributed by atoms with E-state index in [1.807, 2.05) is 43.5 Å². The number of pyridine rings is 1. The minimum atomic E-state index is -0.191. The van der Waals surface area contributed by atoms with Crippen molar-refractivity contribution in [2.45, 2.75) is 46.7 Å². The molecule has 1 aliphatic heterocycles. The fourth-order valence-corrected chi connectivity index (χ4v) is 5.97. The molecule has 40 heavy (non-hydrogen) atoms. The Bertz CT molecular complexity index is 1580. The molecular weight excluding hydrogens is 518 g/mol. The highest BCUT2D eigenvalue weighted by atomic mass is 32.1. The smallest absolute Gasteiger partial charge is 0.250 e. The van der Waals surface area contributed by atoms with Crippen molar-refractivity contribution >= 4 is 34.6 Å². The number of methoxy groups -OCH3 is 1. The van der Waals surface area contributed by atoms with E-state index in [-0.39, 0.29) is 24.6 Å². The number of ether oxygens (including phenoxy) is 1. The van der Waals surface area contributed by atoms with Crippen LogP contribution in [-0.4, -0.2) is 34.3 Å². The van der Waals surface area contributed by atoms with Crippen molar-refractivity contribution in [1.82, 2.24) is 14.9 Å². The van der Waals surface area contributed by atoms with Crippen molar-refractivity contribution in [2.24, 2.45) is 0 Å². The van der Waals surface area contributed by atoms with Gasteiger partial charge >= 0.3 is 0 Å². The first kappa shape index (κ1) is 27.6. The number of nitrogens with zero attached hydrogens (tertiary/aromatic N) is 3. The van der Waals surface area contributed by atoms with Crippen LogP contribution in [0.3, 0.4) is 0 Å². The lowest BCUT2D eigenvalue weighted by molar-refractivity contribution is -0.119. The zero-order valence-corrected chi connectivity index (χ0v) is 24.6. The topological polar surface area (TPSA) is 71.4 Å². The number of carbonyl (C=O) groups excluding carboxylic acids is 1. The lowest BCUT2D eigenvalue weighted by atomic mass is 9.96. The predicted molar refractivity (Wildman–Crippen MR) is 164 cm³/mol. The third-order valence-electron chi connectivity index (χ3n) is 7.53. The van der Waals surface area contributed by atoms with Gasteiger partial charge in [-0.1, -0.05) is 18.2 Å². The summed E-state index contributed by atoms with van der Waals surface area (Å²) in [7, 11) is 1.51. The molecule has 1 saturated heterocycles. The van der Waals surface area contributed by atoms with Gasteiger partial charge in [0.1, 0.15) is 6.61 Å². The number of hydrogen-bond donors (Lipinski definition) is 2. The number of anilines is 2. The second-order valence-corrected chi connectivity index (χ2v) is 10.8. The normalized spacial score (nSPS) is 16.8. The van der Waals surface area contributed by atoms with Gasteiger partial charge in [0.25, 0.3) is 0 Å². The number of benzene rings is 2. The molecule has 2 unspecified atom stereocenters. The van der Waals surface area contributed by atoms with Crippen LogP contribution in [0.4, 0.5) is 11.4 Å². The fraction of sp³-hybridized carbons (Fsp3) is 0.281. The maximum absolute atomic E-state index is 12.1. The zero-order chi connectivity index (χ0) is 28.6. The fourth-order valence-electron chi connectivity index (χ4n) is 5.62. The molecule has 0 aliphatic carbocycles. The third-order valence-corrected chi connectivity index (χ3v) is 7.84. The molecule has 2 N–H and O–H groups in total. The molecule has 1 aliphatic rings. The van der Waals surface area contributed by atoms with Gasteiger partial charge in [0.2, 0.25) is 5.91 Å². The molecule has 1 fully saturated rings. The van der Waals surface area contributed by atoms with E-state index in [1.165, 1.54) is 29.5 Å². The van der Waals surface area contributed by atoms with Crippen LogP contribution in [0.2, 0.25) is 0 Å². The molecule has 0 radical (unpaired) electrons. The Morgan fingerprint density at radius 2 is 1.82 bits per heavy atom. The lowest BCUT2D eigenvalue weighted by Gasteiger charge is -2.29. The van der Waals surface area contributed by atoms with Crippen molar-refractivity contribution in [3.63, 3.8) is 0 Å².